The van der Waals surface area contributed by atoms with Crippen LogP contribution in [0.5, 0.6) is 0 Å². The second kappa shape index (κ2) is 4.58. The SMILES string of the molecule is CCOC(=O)C1C(=O)CCC(C)C1C. The molecule has 3 nitrogen and oxygen atoms in total. The van der Waals surface area contributed by atoms with Crippen molar-refractivity contribution in [3.8, 4) is 0 Å². The van der Waals surface area contributed by atoms with Crippen molar-refractivity contribution in [1.29, 1.82) is 0 Å². The second-order valence-electron chi connectivity index (χ2n) is 4.07. The van der Waals surface area contributed by atoms with Gasteiger partial charge in [-0.2, -0.15) is 0 Å². The molecular formula is C11H18O3. The molecule has 0 aromatic rings. The summed E-state index contributed by atoms with van der Waals surface area (Å²) >= 11 is 0. The molecule has 0 radical (unpaired) electrons. The Bertz CT molecular complexity index is 235. The van der Waals surface area contributed by atoms with Gasteiger partial charge in [-0.25, -0.2) is 0 Å². The Labute approximate surface area is 84.8 Å². The average Bonchev–Trinajstić information content (AvgIpc) is 2.13. The predicted octanol–water partition coefficient (Wildman–Crippen LogP) is 1.80. The van der Waals surface area contributed by atoms with Gasteiger partial charge in [0, 0.05) is 6.42 Å². The zero-order chi connectivity index (χ0) is 10.7. The van der Waals surface area contributed by atoms with Crippen LogP contribution in [0.2, 0.25) is 0 Å². The molecule has 80 valence electrons. The van der Waals surface area contributed by atoms with Crippen LogP contribution in [0.25, 0.3) is 0 Å². The van der Waals surface area contributed by atoms with Crippen molar-refractivity contribution in [2.75, 3.05) is 6.61 Å². The monoisotopic (exact) mass is 198 g/mol. The molecule has 0 aliphatic heterocycles. The molecule has 0 spiro atoms. The summed E-state index contributed by atoms with van der Waals surface area (Å²) in [5.74, 6) is -0.248. The summed E-state index contributed by atoms with van der Waals surface area (Å²) in [7, 11) is 0. The summed E-state index contributed by atoms with van der Waals surface area (Å²) < 4.78 is 4.91. The third-order valence-corrected chi connectivity index (χ3v) is 3.16. The van der Waals surface area contributed by atoms with E-state index < -0.39 is 5.92 Å². The molecule has 1 aliphatic rings. The normalized spacial score (nSPS) is 32.8. The van der Waals surface area contributed by atoms with Crippen LogP contribution in [-0.4, -0.2) is 18.4 Å². The Balaban J connectivity index is 2.71. The highest BCUT2D eigenvalue weighted by Gasteiger charge is 2.39. The van der Waals surface area contributed by atoms with E-state index in [-0.39, 0.29) is 17.7 Å². The fraction of sp³-hybridized carbons (Fsp3) is 0.818. The number of ether oxygens (including phenoxy) is 1. The molecule has 3 unspecified atom stereocenters. The summed E-state index contributed by atoms with van der Waals surface area (Å²) in [6, 6.07) is 0. The molecular weight excluding hydrogens is 180 g/mol. The molecule has 3 atom stereocenters. The van der Waals surface area contributed by atoms with E-state index in [2.05, 4.69) is 6.92 Å². The van der Waals surface area contributed by atoms with Crippen LogP contribution in [-0.2, 0) is 14.3 Å². The number of Topliss-reactive ketones (excluding diaryl/α,β-unsaturated/α-hetero) is 1. The molecule has 0 heterocycles. The number of carbonyl (C=O) groups is 2. The van der Waals surface area contributed by atoms with Gasteiger partial charge in [0.2, 0.25) is 0 Å². The third kappa shape index (κ3) is 2.14. The van der Waals surface area contributed by atoms with Crippen molar-refractivity contribution in [1.82, 2.24) is 0 Å². The molecule has 0 saturated heterocycles. The maximum atomic E-state index is 11.6. The number of esters is 1. The summed E-state index contributed by atoms with van der Waals surface area (Å²) in [6.45, 7) is 6.16. The second-order valence-corrected chi connectivity index (χ2v) is 4.07. The molecule has 0 bridgehead atoms. The van der Waals surface area contributed by atoms with Crippen molar-refractivity contribution < 1.29 is 14.3 Å². The predicted molar refractivity (Wildman–Crippen MR) is 52.7 cm³/mol. The third-order valence-electron chi connectivity index (χ3n) is 3.16. The van der Waals surface area contributed by atoms with E-state index in [1.165, 1.54) is 0 Å². The molecule has 1 aliphatic carbocycles. The van der Waals surface area contributed by atoms with E-state index in [9.17, 15) is 9.59 Å². The summed E-state index contributed by atoms with van der Waals surface area (Å²) in [5.41, 5.74) is 0. The highest BCUT2D eigenvalue weighted by molar-refractivity contribution is 5.99. The first-order chi connectivity index (χ1) is 6.57. The number of hydrogen-bond donors (Lipinski definition) is 0. The molecule has 0 amide bonds. The molecule has 0 aromatic heterocycles. The lowest BCUT2D eigenvalue weighted by atomic mass is 9.73. The van der Waals surface area contributed by atoms with Crippen LogP contribution in [0.1, 0.15) is 33.6 Å². The Morgan fingerprint density at radius 3 is 2.71 bits per heavy atom. The van der Waals surface area contributed by atoms with Crippen LogP contribution >= 0.6 is 0 Å². The molecule has 0 aromatic carbocycles. The van der Waals surface area contributed by atoms with Crippen molar-refractivity contribution in [3.05, 3.63) is 0 Å². The van der Waals surface area contributed by atoms with Crippen LogP contribution in [0, 0.1) is 17.8 Å². The van der Waals surface area contributed by atoms with E-state index in [4.69, 9.17) is 4.74 Å². The van der Waals surface area contributed by atoms with Gasteiger partial charge in [0.15, 0.2) is 0 Å². The summed E-state index contributed by atoms with van der Waals surface area (Å²) in [4.78, 5) is 23.1. The van der Waals surface area contributed by atoms with Crippen LogP contribution in [0.15, 0.2) is 0 Å². The first-order valence-electron chi connectivity index (χ1n) is 5.27. The number of carbonyl (C=O) groups excluding carboxylic acids is 2. The van der Waals surface area contributed by atoms with Gasteiger partial charge in [0.1, 0.15) is 11.7 Å². The van der Waals surface area contributed by atoms with E-state index in [1.807, 2.05) is 6.92 Å². The molecule has 3 heteroatoms. The minimum absolute atomic E-state index is 0.0500. The van der Waals surface area contributed by atoms with E-state index >= 15 is 0 Å². The van der Waals surface area contributed by atoms with Crippen molar-refractivity contribution in [3.63, 3.8) is 0 Å². The van der Waals surface area contributed by atoms with Gasteiger partial charge in [-0.15, -0.1) is 0 Å². The molecule has 1 fully saturated rings. The Morgan fingerprint density at radius 2 is 2.14 bits per heavy atom. The van der Waals surface area contributed by atoms with E-state index in [0.717, 1.165) is 6.42 Å². The maximum Gasteiger partial charge on any atom is 0.316 e. The van der Waals surface area contributed by atoms with Gasteiger partial charge in [-0.1, -0.05) is 13.8 Å². The lowest BCUT2D eigenvalue weighted by Gasteiger charge is -2.31. The minimum atomic E-state index is -0.515. The van der Waals surface area contributed by atoms with Gasteiger partial charge in [-0.3, -0.25) is 9.59 Å². The minimum Gasteiger partial charge on any atom is -0.465 e. The molecule has 14 heavy (non-hydrogen) atoms. The topological polar surface area (TPSA) is 43.4 Å². The zero-order valence-electron chi connectivity index (χ0n) is 9.08. The lowest BCUT2D eigenvalue weighted by molar-refractivity contribution is -0.156. The number of hydrogen-bond acceptors (Lipinski definition) is 3. The molecule has 1 saturated carbocycles. The quantitative estimate of drug-likeness (QED) is 0.502. The zero-order valence-corrected chi connectivity index (χ0v) is 9.08. The van der Waals surface area contributed by atoms with Gasteiger partial charge in [0.25, 0.3) is 0 Å². The van der Waals surface area contributed by atoms with Gasteiger partial charge in [0.05, 0.1) is 6.61 Å². The highest BCUT2D eigenvalue weighted by atomic mass is 16.5. The van der Waals surface area contributed by atoms with Crippen LogP contribution < -0.4 is 0 Å². The van der Waals surface area contributed by atoms with E-state index in [1.54, 1.807) is 6.92 Å². The smallest absolute Gasteiger partial charge is 0.316 e. The number of ketones is 1. The van der Waals surface area contributed by atoms with Crippen molar-refractivity contribution in [2.24, 2.45) is 17.8 Å². The van der Waals surface area contributed by atoms with E-state index in [0.29, 0.717) is 18.9 Å². The number of rotatable bonds is 2. The summed E-state index contributed by atoms with van der Waals surface area (Å²) in [6.07, 6.45) is 1.42. The Morgan fingerprint density at radius 1 is 1.50 bits per heavy atom. The molecule has 1 rings (SSSR count). The largest absolute Gasteiger partial charge is 0.465 e. The Hall–Kier alpha value is -0.860. The van der Waals surface area contributed by atoms with Gasteiger partial charge < -0.3 is 4.74 Å². The first-order valence-corrected chi connectivity index (χ1v) is 5.27. The maximum absolute atomic E-state index is 11.6. The standard InChI is InChI=1S/C11H18O3/c1-4-14-11(13)10-8(3)7(2)5-6-9(10)12/h7-8,10H,4-6H2,1-3H3. The van der Waals surface area contributed by atoms with Gasteiger partial charge >= 0.3 is 5.97 Å². The highest BCUT2D eigenvalue weighted by Crippen LogP contribution is 2.32. The lowest BCUT2D eigenvalue weighted by Crippen LogP contribution is -2.38. The van der Waals surface area contributed by atoms with Crippen LogP contribution in [0.4, 0.5) is 0 Å². The molecule has 0 N–H and O–H groups in total. The summed E-state index contributed by atoms with van der Waals surface area (Å²) in [5, 5.41) is 0. The Kier molecular flexibility index (Phi) is 3.67. The fourth-order valence-corrected chi connectivity index (χ4v) is 1.99. The fourth-order valence-electron chi connectivity index (χ4n) is 1.99. The van der Waals surface area contributed by atoms with Crippen molar-refractivity contribution in [2.45, 2.75) is 33.6 Å². The van der Waals surface area contributed by atoms with Crippen molar-refractivity contribution >= 4 is 11.8 Å². The van der Waals surface area contributed by atoms with Gasteiger partial charge in [-0.05, 0) is 25.2 Å². The van der Waals surface area contributed by atoms with Crippen LogP contribution in [0.3, 0.4) is 0 Å². The first kappa shape index (κ1) is 11.2. The average molecular weight is 198 g/mol.